The Kier molecular flexibility index (Phi) is 8.15. The smallest absolute Gasteiger partial charge is 0.0726 e. The molecule has 0 radical (unpaired) electrons. The molecule has 0 fully saturated rings. The first-order valence-electron chi connectivity index (χ1n) is 23.3. The third-order valence-electron chi connectivity index (χ3n) is 15.1. The van der Waals surface area contributed by atoms with Gasteiger partial charge in [0.25, 0.3) is 0 Å². The van der Waals surface area contributed by atoms with Gasteiger partial charge in [-0.3, -0.25) is 0 Å². The number of hydrogen-bond donors (Lipinski definition) is 0. The molecule has 11 aromatic rings. The van der Waals surface area contributed by atoms with E-state index in [1.54, 1.807) is 0 Å². The molecule has 0 amide bonds. The van der Waals surface area contributed by atoms with Gasteiger partial charge in [-0.05, 0) is 133 Å². The number of thiophene rings is 1. The molecule has 10 aromatic carbocycles. The second-order valence-corrected chi connectivity index (χ2v) is 19.8. The first-order chi connectivity index (χ1) is 33.0. The van der Waals surface area contributed by atoms with Crippen molar-refractivity contribution < 1.29 is 0 Å². The summed E-state index contributed by atoms with van der Waals surface area (Å²) in [5, 5.41) is 2.53. The van der Waals surface area contributed by atoms with E-state index in [4.69, 9.17) is 0 Å². The van der Waals surface area contributed by atoms with Gasteiger partial charge < -0.3 is 9.80 Å². The van der Waals surface area contributed by atoms with Crippen molar-refractivity contribution in [3.05, 3.63) is 264 Å². The SMILES string of the molecule is CC1(C)c2ccccc2-c2ccc(N(c3ccccc3)c3cccc4c3sc3cc(N(c5ccccc5)c5ccc6c(c5)C5(c7ccccc7-c7ccccc75)c5ccccc5-6)ccc34)cc21. The molecule has 316 valence electrons. The third-order valence-corrected chi connectivity index (χ3v) is 16.2. The minimum Gasteiger partial charge on any atom is -0.310 e. The van der Waals surface area contributed by atoms with Gasteiger partial charge in [0.2, 0.25) is 0 Å². The van der Waals surface area contributed by atoms with Crippen LogP contribution in [0.4, 0.5) is 34.1 Å². The lowest BCUT2D eigenvalue weighted by atomic mass is 9.70. The van der Waals surface area contributed by atoms with Crippen LogP contribution < -0.4 is 9.80 Å². The van der Waals surface area contributed by atoms with Crippen molar-refractivity contribution in [2.24, 2.45) is 0 Å². The second-order valence-electron chi connectivity index (χ2n) is 18.8. The maximum absolute atomic E-state index is 2.49. The fraction of sp³-hybridized carbons (Fsp3) is 0.0625. The van der Waals surface area contributed by atoms with Crippen LogP contribution in [0, 0.1) is 0 Å². The van der Waals surface area contributed by atoms with Gasteiger partial charge in [-0.15, -0.1) is 11.3 Å². The number of fused-ring (bicyclic) bond motifs is 16. The molecule has 0 aliphatic heterocycles. The Balaban J connectivity index is 0.940. The number of anilines is 6. The summed E-state index contributed by atoms with van der Waals surface area (Å²) in [6.45, 7) is 4.73. The second kappa shape index (κ2) is 14.3. The molecule has 0 saturated heterocycles. The fourth-order valence-electron chi connectivity index (χ4n) is 12.2. The summed E-state index contributed by atoms with van der Waals surface area (Å²) in [5.41, 5.74) is 22.4. The average Bonchev–Trinajstić information content (AvgIpc) is 4.07. The van der Waals surface area contributed by atoms with Gasteiger partial charge in [0, 0.05) is 49.3 Å². The maximum Gasteiger partial charge on any atom is 0.0726 e. The van der Waals surface area contributed by atoms with E-state index >= 15 is 0 Å². The molecule has 0 unspecified atom stereocenters. The zero-order valence-electron chi connectivity index (χ0n) is 37.2. The minimum atomic E-state index is -0.424. The molecule has 67 heavy (non-hydrogen) atoms. The summed E-state index contributed by atoms with van der Waals surface area (Å²) in [4.78, 5) is 4.92. The topological polar surface area (TPSA) is 6.48 Å². The first-order valence-corrected chi connectivity index (χ1v) is 24.2. The first kappa shape index (κ1) is 38.3. The van der Waals surface area contributed by atoms with Crippen molar-refractivity contribution in [2.75, 3.05) is 9.80 Å². The van der Waals surface area contributed by atoms with Gasteiger partial charge in [-0.1, -0.05) is 178 Å². The number of para-hydroxylation sites is 2. The van der Waals surface area contributed by atoms with E-state index in [2.05, 4.69) is 254 Å². The predicted molar refractivity (Wildman–Crippen MR) is 283 cm³/mol. The highest BCUT2D eigenvalue weighted by atomic mass is 32.1. The van der Waals surface area contributed by atoms with Gasteiger partial charge in [0.05, 0.1) is 15.8 Å². The molecular weight excluding hydrogens is 829 g/mol. The van der Waals surface area contributed by atoms with E-state index in [-0.39, 0.29) is 5.41 Å². The molecule has 3 aliphatic rings. The van der Waals surface area contributed by atoms with Gasteiger partial charge in [-0.25, -0.2) is 0 Å². The number of nitrogens with zero attached hydrogens (tertiary/aromatic N) is 2. The Morgan fingerprint density at radius 3 is 1.37 bits per heavy atom. The van der Waals surface area contributed by atoms with Crippen molar-refractivity contribution in [1.82, 2.24) is 0 Å². The number of benzene rings is 10. The Morgan fingerprint density at radius 1 is 0.313 bits per heavy atom. The molecule has 0 bridgehead atoms. The van der Waals surface area contributed by atoms with Crippen LogP contribution in [0.1, 0.15) is 47.2 Å². The summed E-state index contributed by atoms with van der Waals surface area (Å²) in [7, 11) is 0. The predicted octanol–water partition coefficient (Wildman–Crippen LogP) is 17.6. The van der Waals surface area contributed by atoms with Gasteiger partial charge >= 0.3 is 0 Å². The minimum absolute atomic E-state index is 0.107. The molecular formula is C64H44N2S. The molecule has 0 atom stereocenters. The molecule has 3 heteroatoms. The van der Waals surface area contributed by atoms with E-state index < -0.39 is 5.41 Å². The highest BCUT2D eigenvalue weighted by molar-refractivity contribution is 7.26. The van der Waals surface area contributed by atoms with Crippen LogP contribution in [-0.4, -0.2) is 0 Å². The number of rotatable bonds is 6. The lowest BCUT2D eigenvalue weighted by Gasteiger charge is -2.32. The summed E-state index contributed by atoms with van der Waals surface area (Å²) >= 11 is 1.89. The Labute approximate surface area is 395 Å². The largest absolute Gasteiger partial charge is 0.310 e. The van der Waals surface area contributed by atoms with E-state index in [0.29, 0.717) is 0 Å². The van der Waals surface area contributed by atoms with Crippen molar-refractivity contribution in [1.29, 1.82) is 0 Å². The average molecular weight is 873 g/mol. The third kappa shape index (κ3) is 5.32. The Morgan fingerprint density at radius 2 is 0.761 bits per heavy atom. The Hall–Kier alpha value is -7.98. The van der Waals surface area contributed by atoms with Crippen molar-refractivity contribution >= 4 is 65.6 Å². The van der Waals surface area contributed by atoms with Crippen LogP contribution in [0.3, 0.4) is 0 Å². The Bertz CT molecular complexity index is 3740. The zero-order chi connectivity index (χ0) is 44.4. The normalized spacial score (nSPS) is 14.1. The van der Waals surface area contributed by atoms with E-state index in [0.717, 1.165) is 28.4 Å². The van der Waals surface area contributed by atoms with Crippen molar-refractivity contribution in [2.45, 2.75) is 24.7 Å². The quantitative estimate of drug-likeness (QED) is 0.164. The van der Waals surface area contributed by atoms with E-state index in [9.17, 15) is 0 Å². The number of hydrogen-bond acceptors (Lipinski definition) is 3. The van der Waals surface area contributed by atoms with Crippen molar-refractivity contribution in [3.8, 4) is 33.4 Å². The summed E-state index contributed by atoms with van der Waals surface area (Å²) in [6.07, 6.45) is 0. The lowest BCUT2D eigenvalue weighted by Crippen LogP contribution is -2.26. The van der Waals surface area contributed by atoms with Crippen LogP contribution in [0.25, 0.3) is 53.6 Å². The summed E-state index contributed by atoms with van der Waals surface area (Å²) < 4.78 is 2.52. The summed E-state index contributed by atoms with van der Waals surface area (Å²) in [5.74, 6) is 0. The molecule has 0 saturated carbocycles. The van der Waals surface area contributed by atoms with Crippen molar-refractivity contribution in [3.63, 3.8) is 0 Å². The maximum atomic E-state index is 2.49. The molecule has 1 spiro atoms. The van der Waals surface area contributed by atoms with Crippen LogP contribution in [0.5, 0.6) is 0 Å². The van der Waals surface area contributed by atoms with Crippen LogP contribution in [0.15, 0.2) is 231 Å². The van der Waals surface area contributed by atoms with E-state index in [1.807, 2.05) is 11.3 Å². The van der Waals surface area contributed by atoms with Gasteiger partial charge in [-0.2, -0.15) is 0 Å². The lowest BCUT2D eigenvalue weighted by molar-refractivity contribution is 0.660. The van der Waals surface area contributed by atoms with Gasteiger partial charge in [0.15, 0.2) is 0 Å². The van der Waals surface area contributed by atoms with Crippen LogP contribution >= 0.6 is 11.3 Å². The highest BCUT2D eigenvalue weighted by Gasteiger charge is 2.51. The standard InChI is InChI=1S/C64H44N2S/c1-63(2)54-27-13-9-22-46(54)50-35-33-44(38-58(50)63)66(42-20-7-4-8-21-42)60-31-17-26-53-52-37-34-45(40-61(52)67-62(53)60)65(41-18-5-3-6-19-41)43-32-36-51-49-25-12-16-30-57(49)64(59(51)39-43)55-28-14-10-23-47(55)48-24-11-15-29-56(48)64/h3-40H,1-2H3. The highest BCUT2D eigenvalue weighted by Crippen LogP contribution is 2.63. The monoisotopic (exact) mass is 872 g/mol. The van der Waals surface area contributed by atoms with Crippen LogP contribution in [0.2, 0.25) is 0 Å². The molecule has 1 heterocycles. The van der Waals surface area contributed by atoms with Gasteiger partial charge in [0.1, 0.15) is 0 Å². The fourth-order valence-corrected chi connectivity index (χ4v) is 13.4. The molecule has 0 N–H and O–H groups in total. The van der Waals surface area contributed by atoms with Crippen LogP contribution in [-0.2, 0) is 10.8 Å². The zero-order valence-corrected chi connectivity index (χ0v) is 38.1. The molecule has 1 aromatic heterocycles. The molecule has 3 aliphatic carbocycles. The summed E-state index contributed by atoms with van der Waals surface area (Å²) in [6, 6.07) is 86.0. The van der Waals surface area contributed by atoms with E-state index in [1.165, 1.54) is 92.6 Å². The molecule has 2 nitrogen and oxygen atoms in total. The molecule has 14 rings (SSSR count).